The lowest BCUT2D eigenvalue weighted by molar-refractivity contribution is -0.146. The van der Waals surface area contributed by atoms with Gasteiger partial charge < -0.3 is 14.6 Å². The Kier molecular flexibility index (Phi) is 5.21. The maximum Gasteiger partial charge on any atom is 0.315 e. The maximum absolute atomic E-state index is 12.7. The number of carbonyl (C=O) groups is 2. The summed E-state index contributed by atoms with van der Waals surface area (Å²) in [5.74, 6) is 0.582. The van der Waals surface area contributed by atoms with Gasteiger partial charge in [-0.05, 0) is 37.3 Å². The quantitative estimate of drug-likeness (QED) is 0.865. The zero-order valence-corrected chi connectivity index (χ0v) is 14.6. The van der Waals surface area contributed by atoms with Crippen LogP contribution in [0.2, 0.25) is 0 Å². The van der Waals surface area contributed by atoms with E-state index >= 15 is 0 Å². The van der Waals surface area contributed by atoms with Crippen molar-refractivity contribution < 1.29 is 14.0 Å². The minimum Gasteiger partial charge on any atom is -0.467 e. The Bertz CT molecular complexity index is 723. The van der Waals surface area contributed by atoms with Gasteiger partial charge in [0, 0.05) is 19.2 Å². The molecule has 3 heterocycles. The first-order valence-corrected chi connectivity index (χ1v) is 8.77. The summed E-state index contributed by atoms with van der Waals surface area (Å²) < 4.78 is 7.19. The van der Waals surface area contributed by atoms with Crippen LogP contribution in [-0.2, 0) is 16.1 Å². The Morgan fingerprint density at radius 3 is 2.96 bits per heavy atom. The Balaban J connectivity index is 1.73. The van der Waals surface area contributed by atoms with Gasteiger partial charge in [-0.2, -0.15) is 5.10 Å². The highest BCUT2D eigenvalue weighted by Gasteiger charge is 2.35. The van der Waals surface area contributed by atoms with E-state index in [4.69, 9.17) is 4.42 Å². The summed E-state index contributed by atoms with van der Waals surface area (Å²) in [6.07, 6.45) is 5.78. The monoisotopic (exact) mass is 344 g/mol. The highest BCUT2D eigenvalue weighted by Crippen LogP contribution is 2.34. The topological polar surface area (TPSA) is 80.4 Å². The van der Waals surface area contributed by atoms with E-state index in [0.29, 0.717) is 24.8 Å². The average Bonchev–Trinajstić information content (AvgIpc) is 3.27. The van der Waals surface area contributed by atoms with E-state index in [1.165, 1.54) is 0 Å². The van der Waals surface area contributed by atoms with Crippen LogP contribution in [0.25, 0.3) is 0 Å². The lowest BCUT2D eigenvalue weighted by atomic mass is 9.91. The summed E-state index contributed by atoms with van der Waals surface area (Å²) in [6, 6.07) is 5.17. The van der Waals surface area contributed by atoms with Gasteiger partial charge in [-0.25, -0.2) is 4.68 Å². The molecule has 2 amide bonds. The number of nitrogens with one attached hydrogen (secondary N) is 1. The van der Waals surface area contributed by atoms with Crippen LogP contribution in [0, 0.1) is 5.92 Å². The zero-order chi connectivity index (χ0) is 17.8. The Labute approximate surface area is 147 Å². The summed E-state index contributed by atoms with van der Waals surface area (Å²) in [7, 11) is 0. The number of hydrogen-bond acceptors (Lipinski definition) is 4. The SMILES string of the molecule is CCCn1nccc1NC(=O)C(=O)N1CC[C@H](C)C[C@@H]1c1ccco1. The first-order chi connectivity index (χ1) is 12.1. The molecule has 7 nitrogen and oxygen atoms in total. The summed E-state index contributed by atoms with van der Waals surface area (Å²) in [5, 5.41) is 6.85. The predicted molar refractivity (Wildman–Crippen MR) is 92.7 cm³/mol. The van der Waals surface area contributed by atoms with Crippen molar-refractivity contribution in [3.8, 4) is 0 Å². The molecule has 2 aromatic heterocycles. The Morgan fingerprint density at radius 1 is 1.40 bits per heavy atom. The minimum atomic E-state index is -0.635. The van der Waals surface area contributed by atoms with E-state index in [0.717, 1.165) is 25.0 Å². The number of hydrogen-bond donors (Lipinski definition) is 1. The molecule has 0 aliphatic carbocycles. The van der Waals surface area contributed by atoms with Crippen LogP contribution < -0.4 is 5.32 Å². The van der Waals surface area contributed by atoms with Gasteiger partial charge in [-0.15, -0.1) is 0 Å². The van der Waals surface area contributed by atoms with E-state index in [9.17, 15) is 9.59 Å². The third-order valence-corrected chi connectivity index (χ3v) is 4.58. The van der Waals surface area contributed by atoms with E-state index in [1.54, 1.807) is 34.2 Å². The second kappa shape index (κ2) is 7.55. The number of nitrogens with zero attached hydrogens (tertiary/aromatic N) is 3. The zero-order valence-electron chi connectivity index (χ0n) is 14.6. The number of piperidine rings is 1. The van der Waals surface area contributed by atoms with Crippen LogP contribution in [0.15, 0.2) is 35.1 Å². The molecule has 1 N–H and O–H groups in total. The lowest BCUT2D eigenvalue weighted by Crippen LogP contribution is -2.45. The van der Waals surface area contributed by atoms with Gasteiger partial charge in [0.1, 0.15) is 11.6 Å². The van der Waals surface area contributed by atoms with Crippen molar-refractivity contribution in [1.29, 1.82) is 0 Å². The fourth-order valence-electron chi connectivity index (χ4n) is 3.26. The average molecular weight is 344 g/mol. The molecule has 1 aliphatic rings. The van der Waals surface area contributed by atoms with Crippen LogP contribution in [-0.4, -0.2) is 33.0 Å². The standard InChI is InChI=1S/C18H24N4O3/c1-3-9-22-16(6-8-19-22)20-17(23)18(24)21-10-7-13(2)12-14(21)15-5-4-11-25-15/h4-6,8,11,13-14H,3,7,9-10,12H2,1-2H3,(H,20,23)/t13-,14+/m0/s1. The maximum atomic E-state index is 12.7. The van der Waals surface area contributed by atoms with Crippen molar-refractivity contribution in [3.05, 3.63) is 36.4 Å². The van der Waals surface area contributed by atoms with Crippen LogP contribution >= 0.6 is 0 Å². The van der Waals surface area contributed by atoms with Crippen molar-refractivity contribution >= 4 is 17.6 Å². The minimum absolute atomic E-state index is 0.197. The smallest absolute Gasteiger partial charge is 0.315 e. The van der Waals surface area contributed by atoms with Crippen molar-refractivity contribution in [2.24, 2.45) is 5.92 Å². The molecule has 0 radical (unpaired) electrons. The summed E-state index contributed by atoms with van der Waals surface area (Å²) in [6.45, 7) is 5.42. The summed E-state index contributed by atoms with van der Waals surface area (Å²) in [4.78, 5) is 26.9. The largest absolute Gasteiger partial charge is 0.467 e. The number of rotatable bonds is 4. The normalized spacial score (nSPS) is 20.5. The first kappa shape index (κ1) is 17.3. The van der Waals surface area contributed by atoms with E-state index in [1.807, 2.05) is 13.0 Å². The van der Waals surface area contributed by atoms with Gasteiger partial charge in [-0.1, -0.05) is 13.8 Å². The molecular weight excluding hydrogens is 320 g/mol. The van der Waals surface area contributed by atoms with Crippen LogP contribution in [0.5, 0.6) is 0 Å². The molecule has 0 aromatic carbocycles. The summed E-state index contributed by atoms with van der Waals surface area (Å²) >= 11 is 0. The second-order valence-corrected chi connectivity index (χ2v) is 6.55. The number of likely N-dealkylation sites (tertiary alicyclic amines) is 1. The molecule has 3 rings (SSSR count). The highest BCUT2D eigenvalue weighted by molar-refractivity contribution is 6.39. The van der Waals surface area contributed by atoms with Gasteiger partial charge in [0.25, 0.3) is 0 Å². The van der Waals surface area contributed by atoms with Crippen LogP contribution in [0.4, 0.5) is 5.82 Å². The molecule has 7 heteroatoms. The number of amides is 2. The third kappa shape index (κ3) is 3.75. The van der Waals surface area contributed by atoms with Crippen molar-refractivity contribution in [2.75, 3.05) is 11.9 Å². The van der Waals surface area contributed by atoms with Crippen molar-refractivity contribution in [1.82, 2.24) is 14.7 Å². The predicted octanol–water partition coefficient (Wildman–Crippen LogP) is 2.82. The van der Waals surface area contributed by atoms with Gasteiger partial charge >= 0.3 is 11.8 Å². The highest BCUT2D eigenvalue weighted by atomic mass is 16.3. The molecule has 25 heavy (non-hydrogen) atoms. The number of furan rings is 1. The number of anilines is 1. The molecule has 0 saturated carbocycles. The van der Waals surface area contributed by atoms with Crippen molar-refractivity contribution in [2.45, 2.75) is 45.7 Å². The van der Waals surface area contributed by atoms with Gasteiger partial charge in [0.15, 0.2) is 0 Å². The van der Waals surface area contributed by atoms with Gasteiger partial charge in [0.05, 0.1) is 18.5 Å². The van der Waals surface area contributed by atoms with E-state index in [2.05, 4.69) is 17.3 Å². The molecule has 0 bridgehead atoms. The third-order valence-electron chi connectivity index (χ3n) is 4.58. The fraction of sp³-hybridized carbons (Fsp3) is 0.500. The molecule has 134 valence electrons. The number of aryl methyl sites for hydroxylation is 1. The fourth-order valence-corrected chi connectivity index (χ4v) is 3.26. The molecule has 1 aliphatic heterocycles. The van der Waals surface area contributed by atoms with E-state index in [-0.39, 0.29) is 6.04 Å². The van der Waals surface area contributed by atoms with Crippen LogP contribution in [0.3, 0.4) is 0 Å². The Morgan fingerprint density at radius 2 is 2.24 bits per heavy atom. The Hall–Kier alpha value is -2.57. The van der Waals surface area contributed by atoms with Crippen molar-refractivity contribution in [3.63, 3.8) is 0 Å². The lowest BCUT2D eigenvalue weighted by Gasteiger charge is -2.36. The molecule has 1 fully saturated rings. The molecule has 2 atom stereocenters. The molecule has 1 saturated heterocycles. The first-order valence-electron chi connectivity index (χ1n) is 8.77. The van der Waals surface area contributed by atoms with Gasteiger partial charge in [0.2, 0.25) is 0 Å². The molecular formula is C18H24N4O3. The van der Waals surface area contributed by atoms with E-state index < -0.39 is 11.8 Å². The number of carbonyl (C=O) groups excluding carboxylic acids is 2. The molecule has 0 unspecified atom stereocenters. The number of aromatic nitrogens is 2. The molecule has 2 aromatic rings. The summed E-state index contributed by atoms with van der Waals surface area (Å²) in [5.41, 5.74) is 0. The van der Waals surface area contributed by atoms with Crippen LogP contribution in [0.1, 0.15) is 44.9 Å². The molecule has 0 spiro atoms. The van der Waals surface area contributed by atoms with Gasteiger partial charge in [-0.3, -0.25) is 9.59 Å². The second-order valence-electron chi connectivity index (χ2n) is 6.55.